The monoisotopic (exact) mass is 603 g/mol. The maximum absolute atomic E-state index is 13.4. The molecule has 2 atom stereocenters. The molecule has 0 unspecified atom stereocenters. The van der Waals surface area contributed by atoms with Crippen LogP contribution >= 0.6 is 0 Å². The fourth-order valence-corrected chi connectivity index (χ4v) is 4.98. The SMILES string of the molecule is O=C(/C=C/c1ccc(CNC(=O)c2cc(CN[C@@H]3C[C@H]3c3ccc(F)cc3)nc(-c3ccc(-n4cccn4)cc3)n2)cc1)NO. The standard InChI is InChI=1S/C34H30FN7O3/c35-26-11-7-24(8-12-26)29-19-30(29)36-21-27-18-31(34(44)37-20-23-4-2-22(3-5-23)6-15-32(43)41-45)40-33(39-27)25-9-13-28(14-10-25)42-17-1-16-38-42/h1-18,29-30,36,45H,19-21H2,(H,37,44)(H,41,43)/b15-6+/t29-,30+/m0/s1. The highest BCUT2D eigenvalue weighted by atomic mass is 19.1. The topological polar surface area (TPSA) is 134 Å². The van der Waals surface area contributed by atoms with Gasteiger partial charge in [-0.2, -0.15) is 5.10 Å². The quantitative estimate of drug-likeness (QED) is 0.0988. The number of benzene rings is 3. The Kier molecular flexibility index (Phi) is 8.81. The molecule has 0 aliphatic heterocycles. The van der Waals surface area contributed by atoms with E-state index < -0.39 is 5.91 Å². The zero-order chi connectivity index (χ0) is 31.2. The molecule has 0 spiro atoms. The van der Waals surface area contributed by atoms with Gasteiger partial charge in [-0.05, 0) is 77.7 Å². The molecule has 45 heavy (non-hydrogen) atoms. The number of nitrogens with one attached hydrogen (secondary N) is 3. The van der Waals surface area contributed by atoms with Crippen molar-refractivity contribution in [1.82, 2.24) is 35.9 Å². The number of hydroxylamine groups is 1. The Morgan fingerprint density at radius 3 is 2.47 bits per heavy atom. The van der Waals surface area contributed by atoms with Gasteiger partial charge in [0.15, 0.2) is 5.82 Å². The third kappa shape index (κ3) is 7.53. The molecular formula is C34H30FN7O3. The number of aromatic nitrogens is 4. The van der Waals surface area contributed by atoms with Crippen molar-refractivity contribution in [3.8, 4) is 17.1 Å². The molecule has 2 amide bonds. The Morgan fingerprint density at radius 2 is 1.76 bits per heavy atom. The largest absolute Gasteiger partial charge is 0.347 e. The van der Waals surface area contributed by atoms with Gasteiger partial charge in [-0.25, -0.2) is 24.5 Å². The highest BCUT2D eigenvalue weighted by molar-refractivity contribution is 5.93. The zero-order valence-electron chi connectivity index (χ0n) is 24.1. The maximum Gasteiger partial charge on any atom is 0.270 e. The van der Waals surface area contributed by atoms with E-state index in [-0.39, 0.29) is 30.0 Å². The summed E-state index contributed by atoms with van der Waals surface area (Å²) in [5, 5.41) is 19.3. The van der Waals surface area contributed by atoms with Gasteiger partial charge in [-0.1, -0.05) is 36.4 Å². The second-order valence-corrected chi connectivity index (χ2v) is 10.7. The number of carbonyl (C=O) groups is 2. The van der Waals surface area contributed by atoms with Crippen LogP contribution in [0.3, 0.4) is 0 Å². The summed E-state index contributed by atoms with van der Waals surface area (Å²) in [4.78, 5) is 33.9. The fraction of sp³-hybridized carbons (Fsp3) is 0.147. The number of halogens is 1. The summed E-state index contributed by atoms with van der Waals surface area (Å²) in [6.45, 7) is 0.708. The zero-order valence-corrected chi connectivity index (χ0v) is 24.1. The third-order valence-electron chi connectivity index (χ3n) is 7.51. The lowest BCUT2D eigenvalue weighted by Crippen LogP contribution is -2.25. The van der Waals surface area contributed by atoms with E-state index in [1.54, 1.807) is 40.6 Å². The summed E-state index contributed by atoms with van der Waals surface area (Å²) < 4.78 is 15.1. The van der Waals surface area contributed by atoms with E-state index in [0.29, 0.717) is 24.0 Å². The normalized spacial score (nSPS) is 15.6. The van der Waals surface area contributed by atoms with Crippen LogP contribution in [0, 0.1) is 5.82 Å². The van der Waals surface area contributed by atoms with E-state index in [2.05, 4.69) is 20.7 Å². The van der Waals surface area contributed by atoms with Crippen LogP contribution in [-0.4, -0.2) is 42.8 Å². The van der Waals surface area contributed by atoms with Crippen molar-refractivity contribution < 1.29 is 19.2 Å². The van der Waals surface area contributed by atoms with E-state index in [0.717, 1.165) is 34.4 Å². The minimum atomic E-state index is -0.621. The Balaban J connectivity index is 1.17. The van der Waals surface area contributed by atoms with E-state index >= 15 is 0 Å². The van der Waals surface area contributed by atoms with Gasteiger partial charge >= 0.3 is 0 Å². The van der Waals surface area contributed by atoms with E-state index in [1.165, 1.54) is 18.2 Å². The molecule has 5 aromatic rings. The summed E-state index contributed by atoms with van der Waals surface area (Å²) in [5.74, 6) is -0.477. The minimum Gasteiger partial charge on any atom is -0.347 e. The van der Waals surface area contributed by atoms with Crippen molar-refractivity contribution in [2.45, 2.75) is 31.5 Å². The molecule has 1 fully saturated rings. The first kappa shape index (κ1) is 29.5. The fourth-order valence-electron chi connectivity index (χ4n) is 4.98. The number of hydrogen-bond donors (Lipinski definition) is 4. The minimum absolute atomic E-state index is 0.232. The van der Waals surface area contributed by atoms with Crippen LogP contribution in [0.1, 0.15) is 45.2 Å². The third-order valence-corrected chi connectivity index (χ3v) is 7.51. The van der Waals surface area contributed by atoms with Crippen molar-refractivity contribution in [2.75, 3.05) is 0 Å². The summed E-state index contributed by atoms with van der Waals surface area (Å²) in [7, 11) is 0. The Labute approximate surface area is 258 Å². The molecule has 6 rings (SSSR count). The van der Waals surface area contributed by atoms with Crippen LogP contribution in [0.25, 0.3) is 23.2 Å². The average molecular weight is 604 g/mol. The highest BCUT2D eigenvalue weighted by Gasteiger charge is 2.37. The van der Waals surface area contributed by atoms with Crippen LogP contribution in [-0.2, 0) is 17.9 Å². The van der Waals surface area contributed by atoms with Gasteiger partial charge in [0.25, 0.3) is 11.8 Å². The number of amides is 2. The highest BCUT2D eigenvalue weighted by Crippen LogP contribution is 2.40. The van der Waals surface area contributed by atoms with Gasteiger partial charge in [0.2, 0.25) is 0 Å². The molecule has 0 radical (unpaired) electrons. The average Bonchev–Trinajstić information content (AvgIpc) is 3.64. The van der Waals surface area contributed by atoms with Gasteiger partial charge in [-0.15, -0.1) is 0 Å². The molecule has 3 aromatic carbocycles. The molecule has 0 saturated heterocycles. The van der Waals surface area contributed by atoms with Gasteiger partial charge in [-0.3, -0.25) is 14.8 Å². The molecule has 1 aliphatic carbocycles. The van der Waals surface area contributed by atoms with Crippen molar-refractivity contribution in [3.63, 3.8) is 0 Å². The Bertz CT molecular complexity index is 1810. The molecule has 0 bridgehead atoms. The molecule has 10 nitrogen and oxygen atoms in total. The number of rotatable bonds is 11. The van der Waals surface area contributed by atoms with Gasteiger partial charge in [0.1, 0.15) is 11.5 Å². The Hall–Kier alpha value is -5.52. The predicted molar refractivity (Wildman–Crippen MR) is 166 cm³/mol. The van der Waals surface area contributed by atoms with Gasteiger partial charge < -0.3 is 10.6 Å². The second kappa shape index (κ2) is 13.4. The summed E-state index contributed by atoms with van der Waals surface area (Å²) in [6, 6.07) is 25.3. The molecule has 4 N–H and O–H groups in total. The Morgan fingerprint density at radius 1 is 0.978 bits per heavy atom. The lowest BCUT2D eigenvalue weighted by molar-refractivity contribution is -0.124. The van der Waals surface area contributed by atoms with E-state index in [9.17, 15) is 14.0 Å². The number of nitrogens with zero attached hydrogens (tertiary/aromatic N) is 4. The number of hydrogen-bond acceptors (Lipinski definition) is 7. The number of carbonyl (C=O) groups excluding carboxylic acids is 2. The molecule has 226 valence electrons. The molecule has 11 heteroatoms. The van der Waals surface area contributed by atoms with Gasteiger partial charge in [0.05, 0.1) is 11.4 Å². The molecular weight excluding hydrogens is 573 g/mol. The van der Waals surface area contributed by atoms with Crippen LogP contribution in [0.15, 0.2) is 103 Å². The van der Waals surface area contributed by atoms with Crippen LogP contribution < -0.4 is 16.1 Å². The summed E-state index contributed by atoms with van der Waals surface area (Å²) in [5.41, 5.74) is 6.83. The smallest absolute Gasteiger partial charge is 0.270 e. The van der Waals surface area contributed by atoms with Crippen molar-refractivity contribution in [3.05, 3.63) is 137 Å². The van der Waals surface area contributed by atoms with E-state index in [4.69, 9.17) is 10.2 Å². The maximum atomic E-state index is 13.4. The first-order valence-corrected chi connectivity index (χ1v) is 14.4. The molecule has 2 aromatic heterocycles. The van der Waals surface area contributed by atoms with E-state index in [1.807, 2.05) is 60.8 Å². The van der Waals surface area contributed by atoms with Crippen molar-refractivity contribution >= 4 is 17.9 Å². The van der Waals surface area contributed by atoms with Gasteiger partial charge in [0, 0.05) is 49.1 Å². The first-order chi connectivity index (χ1) is 21.9. The van der Waals surface area contributed by atoms with Crippen LogP contribution in [0.4, 0.5) is 4.39 Å². The van der Waals surface area contributed by atoms with Crippen molar-refractivity contribution in [2.24, 2.45) is 0 Å². The summed E-state index contributed by atoms with van der Waals surface area (Å²) >= 11 is 0. The molecule has 2 heterocycles. The van der Waals surface area contributed by atoms with Crippen molar-refractivity contribution in [1.29, 1.82) is 0 Å². The summed E-state index contributed by atoms with van der Waals surface area (Å²) in [6.07, 6.45) is 7.29. The first-order valence-electron chi connectivity index (χ1n) is 14.4. The molecule has 1 saturated carbocycles. The molecule has 1 aliphatic rings. The predicted octanol–water partition coefficient (Wildman–Crippen LogP) is 4.56. The van der Waals surface area contributed by atoms with Crippen LogP contribution in [0.5, 0.6) is 0 Å². The second-order valence-electron chi connectivity index (χ2n) is 10.7. The lowest BCUT2D eigenvalue weighted by atomic mass is 10.1. The van der Waals surface area contributed by atoms with Crippen LogP contribution in [0.2, 0.25) is 0 Å². The lowest BCUT2D eigenvalue weighted by Gasteiger charge is -2.11.